The molecule has 0 bridgehead atoms. The maximum Gasteiger partial charge on any atom is 0.116 e. The van der Waals surface area contributed by atoms with Crippen molar-refractivity contribution in [2.75, 3.05) is 0 Å². The lowest BCUT2D eigenvalue weighted by molar-refractivity contribution is 0.475. The van der Waals surface area contributed by atoms with Crippen LogP contribution in [0.25, 0.3) is 0 Å². The van der Waals surface area contributed by atoms with Crippen molar-refractivity contribution < 1.29 is 5.11 Å². The van der Waals surface area contributed by atoms with Crippen LogP contribution in [-0.4, -0.2) is 5.11 Å². The number of phenols is 1. The minimum absolute atomic E-state index is 0.322. The highest BCUT2D eigenvalue weighted by molar-refractivity contribution is 5.35. The summed E-state index contributed by atoms with van der Waals surface area (Å²) in [6, 6.07) is 28.1. The SMILES string of the molecule is NC(N)(c1ccccc1)c1ccccc1.Oc1ccccc1. The van der Waals surface area contributed by atoms with Crippen LogP contribution in [0.3, 0.4) is 0 Å². The van der Waals surface area contributed by atoms with Crippen molar-refractivity contribution in [2.45, 2.75) is 5.66 Å². The van der Waals surface area contributed by atoms with Gasteiger partial charge < -0.3 is 16.6 Å². The Kier molecular flexibility index (Phi) is 5.31. The summed E-state index contributed by atoms with van der Waals surface area (Å²) in [5.41, 5.74) is 13.2. The smallest absolute Gasteiger partial charge is 0.116 e. The molecule has 5 N–H and O–H groups in total. The quantitative estimate of drug-likeness (QED) is 0.635. The maximum atomic E-state index is 8.63. The Balaban J connectivity index is 0.000000211. The number of hydrogen-bond donors (Lipinski definition) is 3. The van der Waals surface area contributed by atoms with Gasteiger partial charge in [-0.3, -0.25) is 0 Å². The summed E-state index contributed by atoms with van der Waals surface area (Å²) in [6.07, 6.45) is 0. The molecule has 0 fully saturated rings. The van der Waals surface area contributed by atoms with E-state index < -0.39 is 5.66 Å². The van der Waals surface area contributed by atoms with Gasteiger partial charge in [0.1, 0.15) is 11.4 Å². The average molecular weight is 292 g/mol. The zero-order valence-corrected chi connectivity index (χ0v) is 12.3. The van der Waals surface area contributed by atoms with E-state index in [9.17, 15) is 0 Å². The predicted molar refractivity (Wildman–Crippen MR) is 90.1 cm³/mol. The fourth-order valence-electron chi connectivity index (χ4n) is 2.02. The van der Waals surface area contributed by atoms with Crippen LogP contribution in [0.4, 0.5) is 0 Å². The number of benzene rings is 3. The first-order valence-electron chi connectivity index (χ1n) is 7.03. The Morgan fingerprint density at radius 3 is 1.14 bits per heavy atom. The van der Waals surface area contributed by atoms with Crippen molar-refractivity contribution in [1.29, 1.82) is 0 Å². The zero-order chi connectivity index (χ0) is 15.8. The molecule has 0 aliphatic heterocycles. The Morgan fingerprint density at radius 1 is 0.545 bits per heavy atom. The van der Waals surface area contributed by atoms with Gasteiger partial charge in [-0.1, -0.05) is 78.9 Å². The van der Waals surface area contributed by atoms with Crippen LogP contribution in [0.5, 0.6) is 5.75 Å². The summed E-state index contributed by atoms with van der Waals surface area (Å²) in [7, 11) is 0. The van der Waals surface area contributed by atoms with Gasteiger partial charge in [0.05, 0.1) is 0 Å². The summed E-state index contributed by atoms with van der Waals surface area (Å²) in [5.74, 6) is 0.322. The molecule has 0 saturated carbocycles. The summed E-state index contributed by atoms with van der Waals surface area (Å²) < 4.78 is 0. The molecular weight excluding hydrogens is 272 g/mol. The number of phenolic OH excluding ortho intramolecular Hbond substituents is 1. The minimum atomic E-state index is -0.914. The van der Waals surface area contributed by atoms with Gasteiger partial charge in [0, 0.05) is 0 Å². The van der Waals surface area contributed by atoms with E-state index in [1.165, 1.54) is 0 Å². The lowest BCUT2D eigenvalue weighted by Crippen LogP contribution is -2.46. The van der Waals surface area contributed by atoms with E-state index >= 15 is 0 Å². The standard InChI is InChI=1S/C13H14N2.C6H6O/c14-13(15,11-7-3-1-4-8-11)12-9-5-2-6-10-12;7-6-4-2-1-3-5-6/h1-10H,14-15H2;1-5,7H. The van der Waals surface area contributed by atoms with Gasteiger partial charge in [0.2, 0.25) is 0 Å². The molecule has 0 aliphatic carbocycles. The first kappa shape index (κ1) is 15.8. The molecule has 0 heterocycles. The summed E-state index contributed by atoms with van der Waals surface area (Å²) in [6.45, 7) is 0. The number of nitrogens with two attached hydrogens (primary N) is 2. The third-order valence-electron chi connectivity index (χ3n) is 3.26. The molecule has 112 valence electrons. The largest absolute Gasteiger partial charge is 0.508 e. The van der Waals surface area contributed by atoms with Crippen LogP contribution < -0.4 is 11.5 Å². The Labute approximate surface area is 130 Å². The van der Waals surface area contributed by atoms with Crippen molar-refractivity contribution in [1.82, 2.24) is 0 Å². The molecule has 3 rings (SSSR count). The van der Waals surface area contributed by atoms with Crippen molar-refractivity contribution in [2.24, 2.45) is 11.5 Å². The molecule has 0 aliphatic rings. The van der Waals surface area contributed by atoms with E-state index in [1.807, 2.05) is 66.7 Å². The highest BCUT2D eigenvalue weighted by atomic mass is 16.3. The van der Waals surface area contributed by atoms with Crippen LogP contribution in [-0.2, 0) is 5.66 Å². The summed E-state index contributed by atoms with van der Waals surface area (Å²) in [5, 5.41) is 8.63. The Morgan fingerprint density at radius 2 is 0.864 bits per heavy atom. The average Bonchev–Trinajstić information content (AvgIpc) is 2.58. The Bertz CT molecular complexity index is 626. The van der Waals surface area contributed by atoms with Gasteiger partial charge in [-0.2, -0.15) is 0 Å². The van der Waals surface area contributed by atoms with Gasteiger partial charge in [-0.15, -0.1) is 0 Å². The van der Waals surface area contributed by atoms with Crippen molar-refractivity contribution in [3.63, 3.8) is 0 Å². The van der Waals surface area contributed by atoms with Crippen molar-refractivity contribution in [3.05, 3.63) is 102 Å². The van der Waals surface area contributed by atoms with E-state index in [1.54, 1.807) is 24.3 Å². The Hall–Kier alpha value is -2.62. The molecule has 0 radical (unpaired) electrons. The molecule has 3 aromatic carbocycles. The van der Waals surface area contributed by atoms with E-state index in [4.69, 9.17) is 16.6 Å². The normalized spacial score (nSPS) is 10.5. The first-order chi connectivity index (χ1) is 10.6. The van der Waals surface area contributed by atoms with Crippen molar-refractivity contribution >= 4 is 0 Å². The summed E-state index contributed by atoms with van der Waals surface area (Å²) in [4.78, 5) is 0. The molecule has 22 heavy (non-hydrogen) atoms. The van der Waals surface area contributed by atoms with Crippen LogP contribution in [0, 0.1) is 0 Å². The fourth-order valence-corrected chi connectivity index (χ4v) is 2.02. The number of rotatable bonds is 2. The first-order valence-corrected chi connectivity index (χ1v) is 7.03. The topological polar surface area (TPSA) is 72.3 Å². The summed E-state index contributed by atoms with van der Waals surface area (Å²) >= 11 is 0. The van der Waals surface area contributed by atoms with E-state index in [2.05, 4.69) is 0 Å². The minimum Gasteiger partial charge on any atom is -0.508 e. The number of hydrogen-bond acceptors (Lipinski definition) is 3. The van der Waals surface area contributed by atoms with Gasteiger partial charge in [0.25, 0.3) is 0 Å². The van der Waals surface area contributed by atoms with E-state index in [0.717, 1.165) is 11.1 Å². The monoisotopic (exact) mass is 292 g/mol. The van der Waals surface area contributed by atoms with Gasteiger partial charge >= 0.3 is 0 Å². The second-order valence-electron chi connectivity index (χ2n) is 4.94. The third-order valence-corrected chi connectivity index (χ3v) is 3.26. The molecular formula is C19H20N2O. The van der Waals surface area contributed by atoms with Gasteiger partial charge in [-0.05, 0) is 23.3 Å². The van der Waals surface area contributed by atoms with E-state index in [0.29, 0.717) is 5.75 Å². The van der Waals surface area contributed by atoms with Crippen LogP contribution in [0.2, 0.25) is 0 Å². The lowest BCUT2D eigenvalue weighted by atomic mass is 9.93. The molecule has 0 unspecified atom stereocenters. The van der Waals surface area contributed by atoms with Crippen molar-refractivity contribution in [3.8, 4) is 5.75 Å². The number of para-hydroxylation sites is 1. The third kappa shape index (κ3) is 4.19. The van der Waals surface area contributed by atoms with Crippen LogP contribution in [0.15, 0.2) is 91.0 Å². The molecule has 0 spiro atoms. The molecule has 3 aromatic rings. The molecule has 0 aromatic heterocycles. The lowest BCUT2D eigenvalue weighted by Gasteiger charge is -2.25. The predicted octanol–water partition coefficient (Wildman–Crippen LogP) is 3.20. The second kappa shape index (κ2) is 7.41. The highest BCUT2D eigenvalue weighted by Gasteiger charge is 2.23. The molecule has 0 saturated heterocycles. The molecule has 0 atom stereocenters. The fraction of sp³-hybridized carbons (Fsp3) is 0.0526. The second-order valence-corrected chi connectivity index (χ2v) is 4.94. The zero-order valence-electron chi connectivity index (χ0n) is 12.3. The van der Waals surface area contributed by atoms with Crippen LogP contribution in [0.1, 0.15) is 11.1 Å². The molecule has 0 amide bonds. The number of aromatic hydroxyl groups is 1. The van der Waals surface area contributed by atoms with E-state index in [-0.39, 0.29) is 0 Å². The molecule has 3 nitrogen and oxygen atoms in total. The molecule has 3 heteroatoms. The van der Waals surface area contributed by atoms with Gasteiger partial charge in [0.15, 0.2) is 0 Å². The maximum absolute atomic E-state index is 8.63. The van der Waals surface area contributed by atoms with Crippen LogP contribution >= 0.6 is 0 Å². The highest BCUT2D eigenvalue weighted by Crippen LogP contribution is 2.20. The van der Waals surface area contributed by atoms with Gasteiger partial charge in [-0.25, -0.2) is 0 Å².